The maximum absolute atomic E-state index is 13.3. The highest BCUT2D eigenvalue weighted by molar-refractivity contribution is 5.97. The summed E-state index contributed by atoms with van der Waals surface area (Å²) in [4.78, 5) is 42.6. The highest BCUT2D eigenvalue weighted by Crippen LogP contribution is 2.52. The lowest BCUT2D eigenvalue weighted by Gasteiger charge is -2.25. The number of fused-ring (bicyclic) bond motifs is 3. The van der Waals surface area contributed by atoms with Crippen LogP contribution in [0.4, 0.5) is 10.5 Å². The molecular weight excluding hydrogens is 580 g/mol. The number of carbonyl (C=O) groups is 3. The molecule has 4 N–H and O–H groups in total. The molecule has 0 spiro atoms. The van der Waals surface area contributed by atoms with Gasteiger partial charge < -0.3 is 34.9 Å². The highest BCUT2D eigenvalue weighted by Gasteiger charge is 2.39. The number of methoxy groups -OCH3 is 3. The van der Waals surface area contributed by atoms with Gasteiger partial charge in [-0.3, -0.25) is 4.79 Å². The second-order valence-electron chi connectivity index (χ2n) is 11.1. The van der Waals surface area contributed by atoms with E-state index in [1.54, 1.807) is 19.2 Å². The summed E-state index contributed by atoms with van der Waals surface area (Å²) >= 11 is 0. The Morgan fingerprint density at radius 1 is 1.04 bits per heavy atom. The number of hydrogen-bond acceptors (Lipinski definition) is 11. The second-order valence-corrected chi connectivity index (χ2v) is 11.1. The molecule has 2 aliphatic carbocycles. The number of hydrazone groups is 1. The van der Waals surface area contributed by atoms with Gasteiger partial charge in [0.15, 0.2) is 11.5 Å². The quantitative estimate of drug-likeness (QED) is 0.231. The maximum Gasteiger partial charge on any atom is 0.408 e. The number of hydrogen-bond donors (Lipinski definition) is 4. The molecule has 1 aliphatic heterocycles. The van der Waals surface area contributed by atoms with Gasteiger partial charge in [-0.25, -0.2) is 20.0 Å². The summed E-state index contributed by atoms with van der Waals surface area (Å²) in [7, 11) is 4.30. The van der Waals surface area contributed by atoms with E-state index in [-0.39, 0.29) is 24.9 Å². The molecule has 0 bridgehead atoms. The lowest BCUT2D eigenvalue weighted by Crippen LogP contribution is -2.44. The topological polar surface area (TPSA) is 161 Å². The molecular formula is C32H40N6O7. The van der Waals surface area contributed by atoms with Crippen molar-refractivity contribution in [2.24, 2.45) is 16.0 Å². The largest absolute Gasteiger partial charge is 0.492 e. The first kappa shape index (κ1) is 31.6. The van der Waals surface area contributed by atoms with Crippen LogP contribution in [0.3, 0.4) is 0 Å². The first-order valence-corrected chi connectivity index (χ1v) is 15.1. The number of nitrogens with one attached hydrogen (secondary N) is 4. The summed E-state index contributed by atoms with van der Waals surface area (Å²) in [6.45, 7) is 1.53. The van der Waals surface area contributed by atoms with E-state index in [0.717, 1.165) is 61.2 Å². The number of benzene rings is 2. The Morgan fingerprint density at radius 3 is 2.53 bits per heavy atom. The Hall–Kier alpha value is -4.81. The van der Waals surface area contributed by atoms with Crippen LogP contribution < -0.4 is 30.8 Å². The average Bonchev–Trinajstić information content (AvgIpc) is 3.73. The maximum atomic E-state index is 13.3. The number of anilines is 1. The third kappa shape index (κ3) is 7.47. The Labute approximate surface area is 262 Å². The third-order valence-electron chi connectivity index (χ3n) is 8.37. The van der Waals surface area contributed by atoms with Crippen molar-refractivity contribution >= 4 is 35.3 Å². The first-order valence-electron chi connectivity index (χ1n) is 15.1. The standard InChI is InChI=1S/C32H40N6O7/c1-42-28-24(35-26(39)17-25(30(40)44-3)36-32(41)45-18-19-8-5-4-6-9-19)16-20-12-13-23(37-38-31-33-14-15-34-31)21-10-7-11-22(21)27(20)29(28)43-2/h4-6,8-9,16,21-22,25H,7,10-15,17-18H2,1-3H3,(H,35,39)(H,36,41)(H2,33,34,38)/b37-23+. The molecule has 2 aromatic rings. The number of alkyl carbamates (subject to hydrolysis) is 1. The highest BCUT2D eigenvalue weighted by atomic mass is 16.6. The van der Waals surface area contributed by atoms with Crippen LogP contribution in [0.25, 0.3) is 0 Å². The second kappa shape index (κ2) is 14.8. The minimum atomic E-state index is -1.27. The van der Waals surface area contributed by atoms with Crippen molar-refractivity contribution in [1.29, 1.82) is 0 Å². The third-order valence-corrected chi connectivity index (χ3v) is 8.37. The zero-order chi connectivity index (χ0) is 31.8. The number of esters is 1. The van der Waals surface area contributed by atoms with Crippen LogP contribution in [0, 0.1) is 5.92 Å². The van der Waals surface area contributed by atoms with E-state index in [2.05, 4.69) is 26.4 Å². The first-order chi connectivity index (χ1) is 21.9. The van der Waals surface area contributed by atoms with Crippen molar-refractivity contribution in [2.75, 3.05) is 39.7 Å². The van der Waals surface area contributed by atoms with Crippen molar-refractivity contribution < 1.29 is 33.3 Å². The van der Waals surface area contributed by atoms with E-state index in [0.29, 0.717) is 29.6 Å². The average molecular weight is 621 g/mol. The summed E-state index contributed by atoms with van der Waals surface area (Å²) in [5.74, 6) is 0.775. The van der Waals surface area contributed by atoms with E-state index in [1.165, 1.54) is 14.2 Å². The number of amides is 2. The molecule has 2 aromatic carbocycles. The number of ether oxygens (including phenoxy) is 4. The summed E-state index contributed by atoms with van der Waals surface area (Å²) in [6, 6.07) is 9.76. The predicted octanol–water partition coefficient (Wildman–Crippen LogP) is 3.24. The van der Waals surface area contributed by atoms with Gasteiger partial charge in [0.05, 0.1) is 40.0 Å². The summed E-state index contributed by atoms with van der Waals surface area (Å²) in [5.41, 5.74) is 7.49. The molecule has 5 rings (SSSR count). The van der Waals surface area contributed by atoms with E-state index in [9.17, 15) is 14.4 Å². The molecule has 2 amide bonds. The van der Waals surface area contributed by atoms with Crippen molar-refractivity contribution in [3.63, 3.8) is 0 Å². The van der Waals surface area contributed by atoms with Crippen molar-refractivity contribution in [3.8, 4) is 11.5 Å². The van der Waals surface area contributed by atoms with E-state index < -0.39 is 24.0 Å². The van der Waals surface area contributed by atoms with Crippen LogP contribution in [0.1, 0.15) is 54.7 Å². The summed E-state index contributed by atoms with van der Waals surface area (Å²) in [5, 5.41) is 13.3. The molecule has 0 radical (unpaired) electrons. The van der Waals surface area contributed by atoms with Gasteiger partial charge >= 0.3 is 12.1 Å². The van der Waals surface area contributed by atoms with Crippen LogP contribution in [0.5, 0.6) is 11.5 Å². The van der Waals surface area contributed by atoms with E-state index in [1.807, 2.05) is 24.3 Å². The van der Waals surface area contributed by atoms with Gasteiger partial charge in [0.25, 0.3) is 0 Å². The van der Waals surface area contributed by atoms with Crippen LogP contribution in [-0.2, 0) is 32.1 Å². The summed E-state index contributed by atoms with van der Waals surface area (Å²) in [6.07, 6.45) is 3.24. The molecule has 3 atom stereocenters. The molecule has 13 heteroatoms. The number of aryl methyl sites for hydroxylation is 1. The Balaban J connectivity index is 1.33. The molecule has 0 aromatic heterocycles. The molecule has 1 heterocycles. The molecule has 240 valence electrons. The Morgan fingerprint density at radius 2 is 1.82 bits per heavy atom. The Bertz CT molecular complexity index is 1460. The SMILES string of the molecule is COC(=O)C(CC(=O)Nc1cc2c(c(OC)c1OC)C1CCCC1/C(=N/NC1=NCCN1)CC2)NC(=O)OCc1ccccc1. The van der Waals surface area contributed by atoms with Crippen LogP contribution in [0.2, 0.25) is 0 Å². The molecule has 1 saturated carbocycles. The van der Waals surface area contributed by atoms with E-state index >= 15 is 0 Å². The number of guanidine groups is 1. The number of rotatable bonds is 10. The van der Waals surface area contributed by atoms with Crippen molar-refractivity contribution in [1.82, 2.24) is 16.1 Å². The molecule has 0 saturated heterocycles. The van der Waals surface area contributed by atoms with Crippen LogP contribution in [-0.4, -0.2) is 70.1 Å². The van der Waals surface area contributed by atoms with E-state index in [4.69, 9.17) is 24.0 Å². The van der Waals surface area contributed by atoms with Gasteiger partial charge in [0.2, 0.25) is 11.9 Å². The van der Waals surface area contributed by atoms with Crippen LogP contribution in [0.15, 0.2) is 46.5 Å². The zero-order valence-electron chi connectivity index (χ0n) is 25.8. The monoisotopic (exact) mass is 620 g/mol. The molecule has 3 unspecified atom stereocenters. The minimum Gasteiger partial charge on any atom is -0.492 e. The zero-order valence-corrected chi connectivity index (χ0v) is 25.8. The fourth-order valence-corrected chi connectivity index (χ4v) is 6.34. The summed E-state index contributed by atoms with van der Waals surface area (Å²) < 4.78 is 21.8. The van der Waals surface area contributed by atoms with Gasteiger partial charge in [-0.05, 0) is 48.8 Å². The normalized spacial score (nSPS) is 20.0. The number of nitrogens with zero attached hydrogens (tertiary/aromatic N) is 2. The molecule has 45 heavy (non-hydrogen) atoms. The lowest BCUT2D eigenvalue weighted by atomic mass is 9.85. The van der Waals surface area contributed by atoms with Crippen LogP contribution >= 0.6 is 0 Å². The number of carbonyl (C=O) groups excluding carboxylic acids is 3. The minimum absolute atomic E-state index is 0.00879. The molecule has 1 fully saturated rings. The number of aliphatic imine (C=N–C) groups is 1. The molecule has 13 nitrogen and oxygen atoms in total. The predicted molar refractivity (Wildman–Crippen MR) is 168 cm³/mol. The molecule has 3 aliphatic rings. The van der Waals surface area contributed by atoms with Gasteiger partial charge in [-0.2, -0.15) is 5.10 Å². The lowest BCUT2D eigenvalue weighted by molar-refractivity contribution is -0.144. The van der Waals surface area contributed by atoms with Gasteiger partial charge in [-0.1, -0.05) is 36.8 Å². The van der Waals surface area contributed by atoms with Crippen molar-refractivity contribution in [2.45, 2.75) is 57.1 Å². The van der Waals surface area contributed by atoms with Gasteiger partial charge in [0.1, 0.15) is 12.6 Å². The van der Waals surface area contributed by atoms with Gasteiger partial charge in [-0.15, -0.1) is 0 Å². The fraction of sp³-hybridized carbons (Fsp3) is 0.469. The smallest absolute Gasteiger partial charge is 0.408 e. The van der Waals surface area contributed by atoms with Gasteiger partial charge in [0, 0.05) is 23.7 Å². The van der Waals surface area contributed by atoms with Crippen molar-refractivity contribution in [3.05, 3.63) is 53.1 Å². The fourth-order valence-electron chi connectivity index (χ4n) is 6.34. The Kier molecular flexibility index (Phi) is 10.4.